The summed E-state index contributed by atoms with van der Waals surface area (Å²) in [5, 5.41) is 2.51. The standard InChI is InChI=1S/C15H20N2O3/c1-5-13(18)11-7-6-8-12(9-11)16-14(19)15(20)17(4)10(2)3/h6-10H,5H2,1-4H3,(H,16,19). The molecule has 0 radical (unpaired) electrons. The number of likely N-dealkylation sites (N-methyl/N-ethyl adjacent to an activating group) is 1. The highest BCUT2D eigenvalue weighted by molar-refractivity contribution is 6.39. The van der Waals surface area contributed by atoms with Crippen molar-refractivity contribution in [3.05, 3.63) is 29.8 Å². The maximum Gasteiger partial charge on any atom is 0.313 e. The fourth-order valence-corrected chi connectivity index (χ4v) is 1.55. The highest BCUT2D eigenvalue weighted by Crippen LogP contribution is 2.12. The monoisotopic (exact) mass is 276 g/mol. The van der Waals surface area contributed by atoms with E-state index in [0.717, 1.165) is 0 Å². The Morgan fingerprint density at radius 3 is 2.45 bits per heavy atom. The van der Waals surface area contributed by atoms with E-state index in [1.54, 1.807) is 38.2 Å². The summed E-state index contributed by atoms with van der Waals surface area (Å²) in [5.74, 6) is -1.32. The first-order valence-corrected chi connectivity index (χ1v) is 6.58. The molecule has 0 heterocycles. The lowest BCUT2D eigenvalue weighted by Gasteiger charge is -2.20. The van der Waals surface area contributed by atoms with Crippen LogP contribution in [-0.2, 0) is 9.59 Å². The summed E-state index contributed by atoms with van der Waals surface area (Å²) in [7, 11) is 1.57. The van der Waals surface area contributed by atoms with E-state index in [9.17, 15) is 14.4 Å². The van der Waals surface area contributed by atoms with Gasteiger partial charge in [0.25, 0.3) is 0 Å². The fraction of sp³-hybridized carbons (Fsp3) is 0.400. The number of benzene rings is 1. The Bertz CT molecular complexity index is 524. The van der Waals surface area contributed by atoms with E-state index < -0.39 is 11.8 Å². The summed E-state index contributed by atoms with van der Waals surface area (Å²) in [6.07, 6.45) is 0.395. The molecular formula is C15H20N2O3. The maximum atomic E-state index is 11.8. The lowest BCUT2D eigenvalue weighted by atomic mass is 10.1. The topological polar surface area (TPSA) is 66.5 Å². The number of rotatable bonds is 4. The SMILES string of the molecule is CCC(=O)c1cccc(NC(=O)C(=O)N(C)C(C)C)c1. The van der Waals surface area contributed by atoms with Gasteiger partial charge >= 0.3 is 11.8 Å². The number of nitrogens with one attached hydrogen (secondary N) is 1. The quantitative estimate of drug-likeness (QED) is 0.676. The van der Waals surface area contributed by atoms with Crippen LogP contribution in [-0.4, -0.2) is 35.6 Å². The van der Waals surface area contributed by atoms with Gasteiger partial charge in [-0.1, -0.05) is 19.1 Å². The van der Waals surface area contributed by atoms with Crippen molar-refractivity contribution in [2.24, 2.45) is 0 Å². The number of anilines is 1. The van der Waals surface area contributed by atoms with Gasteiger partial charge in [0.15, 0.2) is 5.78 Å². The van der Waals surface area contributed by atoms with Crippen LogP contribution in [0.3, 0.4) is 0 Å². The number of carbonyl (C=O) groups is 3. The van der Waals surface area contributed by atoms with E-state index >= 15 is 0 Å². The second-order valence-corrected chi connectivity index (χ2v) is 4.82. The van der Waals surface area contributed by atoms with Crippen molar-refractivity contribution in [3.63, 3.8) is 0 Å². The minimum atomic E-state index is -0.706. The van der Waals surface area contributed by atoms with Crippen LogP contribution in [0.4, 0.5) is 5.69 Å². The molecule has 5 heteroatoms. The molecule has 0 atom stereocenters. The molecule has 0 saturated carbocycles. The van der Waals surface area contributed by atoms with Crippen LogP contribution in [0.15, 0.2) is 24.3 Å². The van der Waals surface area contributed by atoms with E-state index in [0.29, 0.717) is 17.7 Å². The van der Waals surface area contributed by atoms with E-state index in [-0.39, 0.29) is 11.8 Å². The molecule has 0 aliphatic heterocycles. The lowest BCUT2D eigenvalue weighted by molar-refractivity contribution is -0.143. The molecule has 5 nitrogen and oxygen atoms in total. The largest absolute Gasteiger partial charge is 0.335 e. The van der Waals surface area contributed by atoms with Crippen molar-refractivity contribution in [2.75, 3.05) is 12.4 Å². The average molecular weight is 276 g/mol. The second-order valence-electron chi connectivity index (χ2n) is 4.82. The minimum absolute atomic E-state index is 0.00766. The number of hydrogen-bond donors (Lipinski definition) is 1. The van der Waals surface area contributed by atoms with Gasteiger partial charge in [0, 0.05) is 30.8 Å². The van der Waals surface area contributed by atoms with Crippen LogP contribution >= 0.6 is 0 Å². The zero-order valence-electron chi connectivity index (χ0n) is 12.3. The molecule has 108 valence electrons. The molecule has 0 aromatic heterocycles. The molecule has 0 fully saturated rings. The van der Waals surface area contributed by atoms with Crippen molar-refractivity contribution < 1.29 is 14.4 Å². The summed E-state index contributed by atoms with van der Waals surface area (Å²) >= 11 is 0. The first kappa shape index (κ1) is 15.9. The van der Waals surface area contributed by atoms with E-state index in [1.807, 2.05) is 13.8 Å². The maximum absolute atomic E-state index is 11.8. The molecule has 2 amide bonds. The fourth-order valence-electron chi connectivity index (χ4n) is 1.55. The van der Waals surface area contributed by atoms with Crippen LogP contribution in [0.1, 0.15) is 37.6 Å². The zero-order valence-corrected chi connectivity index (χ0v) is 12.3. The van der Waals surface area contributed by atoms with Gasteiger partial charge in [0.1, 0.15) is 0 Å². The predicted molar refractivity (Wildman–Crippen MR) is 77.6 cm³/mol. The van der Waals surface area contributed by atoms with Crippen molar-refractivity contribution in [3.8, 4) is 0 Å². The van der Waals surface area contributed by atoms with Gasteiger partial charge in [-0.25, -0.2) is 0 Å². The Labute approximate surface area is 119 Å². The van der Waals surface area contributed by atoms with Crippen LogP contribution in [0.5, 0.6) is 0 Å². The highest BCUT2D eigenvalue weighted by atomic mass is 16.2. The molecule has 0 aliphatic carbocycles. The van der Waals surface area contributed by atoms with Crippen molar-refractivity contribution in [1.82, 2.24) is 4.90 Å². The van der Waals surface area contributed by atoms with Gasteiger partial charge in [-0.3, -0.25) is 14.4 Å². The molecule has 0 saturated heterocycles. The summed E-state index contributed by atoms with van der Waals surface area (Å²) in [6.45, 7) is 5.42. The smallest absolute Gasteiger partial charge is 0.313 e. The number of amides is 2. The van der Waals surface area contributed by atoms with E-state index in [1.165, 1.54) is 4.90 Å². The number of Topliss-reactive ketones (excluding diaryl/α,β-unsaturated/α-hetero) is 1. The van der Waals surface area contributed by atoms with Crippen LogP contribution < -0.4 is 5.32 Å². The molecule has 0 unspecified atom stereocenters. The summed E-state index contributed by atoms with van der Waals surface area (Å²) in [6, 6.07) is 6.53. The Morgan fingerprint density at radius 2 is 1.90 bits per heavy atom. The van der Waals surface area contributed by atoms with Gasteiger partial charge < -0.3 is 10.2 Å². The lowest BCUT2D eigenvalue weighted by Crippen LogP contribution is -2.40. The Morgan fingerprint density at radius 1 is 1.25 bits per heavy atom. The van der Waals surface area contributed by atoms with Gasteiger partial charge in [-0.05, 0) is 26.0 Å². The summed E-state index contributed by atoms with van der Waals surface area (Å²) in [5.41, 5.74) is 0.967. The first-order chi connectivity index (χ1) is 9.36. The first-order valence-electron chi connectivity index (χ1n) is 6.58. The Balaban J connectivity index is 2.81. The van der Waals surface area contributed by atoms with Gasteiger partial charge in [0.2, 0.25) is 0 Å². The molecule has 1 aromatic rings. The van der Waals surface area contributed by atoms with E-state index in [2.05, 4.69) is 5.32 Å². The zero-order chi connectivity index (χ0) is 15.3. The number of nitrogens with zero attached hydrogens (tertiary/aromatic N) is 1. The molecule has 0 spiro atoms. The normalized spacial score (nSPS) is 10.2. The van der Waals surface area contributed by atoms with Crippen molar-refractivity contribution >= 4 is 23.3 Å². The Kier molecular flexibility index (Phi) is 5.43. The molecular weight excluding hydrogens is 256 g/mol. The number of carbonyl (C=O) groups excluding carboxylic acids is 3. The van der Waals surface area contributed by atoms with Crippen molar-refractivity contribution in [1.29, 1.82) is 0 Å². The molecule has 0 bridgehead atoms. The van der Waals surface area contributed by atoms with E-state index in [4.69, 9.17) is 0 Å². The van der Waals surface area contributed by atoms with Gasteiger partial charge in [-0.15, -0.1) is 0 Å². The third-order valence-electron chi connectivity index (χ3n) is 3.05. The number of ketones is 1. The van der Waals surface area contributed by atoms with Gasteiger partial charge in [0.05, 0.1) is 0 Å². The molecule has 20 heavy (non-hydrogen) atoms. The molecule has 1 rings (SSSR count). The van der Waals surface area contributed by atoms with Crippen LogP contribution in [0.2, 0.25) is 0 Å². The predicted octanol–water partition coefficient (Wildman–Crippen LogP) is 2.08. The Hall–Kier alpha value is -2.17. The second kappa shape index (κ2) is 6.84. The van der Waals surface area contributed by atoms with Gasteiger partial charge in [-0.2, -0.15) is 0 Å². The molecule has 0 aliphatic rings. The third-order valence-corrected chi connectivity index (χ3v) is 3.05. The average Bonchev–Trinajstić information content (AvgIpc) is 2.44. The van der Waals surface area contributed by atoms with Crippen molar-refractivity contribution in [2.45, 2.75) is 33.2 Å². The number of hydrogen-bond acceptors (Lipinski definition) is 3. The van der Waals surface area contributed by atoms with Crippen LogP contribution in [0.25, 0.3) is 0 Å². The summed E-state index contributed by atoms with van der Waals surface area (Å²) < 4.78 is 0. The third kappa shape index (κ3) is 3.91. The minimum Gasteiger partial charge on any atom is -0.335 e. The highest BCUT2D eigenvalue weighted by Gasteiger charge is 2.20. The molecule has 1 N–H and O–H groups in total. The van der Waals surface area contributed by atoms with Crippen LogP contribution in [0, 0.1) is 0 Å². The molecule has 1 aromatic carbocycles. The summed E-state index contributed by atoms with van der Waals surface area (Å²) in [4.78, 5) is 36.6.